The average molecular weight is 429 g/mol. The summed E-state index contributed by atoms with van der Waals surface area (Å²) in [6, 6.07) is 14.3. The first-order chi connectivity index (χ1) is 13.8. The first-order valence-electron chi connectivity index (χ1n) is 8.94. The van der Waals surface area contributed by atoms with E-state index in [2.05, 4.69) is 15.6 Å². The topological polar surface area (TPSA) is 96.6 Å². The van der Waals surface area contributed by atoms with Crippen molar-refractivity contribution < 1.29 is 9.59 Å². The van der Waals surface area contributed by atoms with E-state index in [1.807, 2.05) is 43.3 Å². The van der Waals surface area contributed by atoms with Gasteiger partial charge >= 0.3 is 0 Å². The van der Waals surface area contributed by atoms with Gasteiger partial charge in [0, 0.05) is 16.4 Å². The summed E-state index contributed by atoms with van der Waals surface area (Å²) in [6.07, 6.45) is 0. The number of amides is 2. The number of hydrogen-bond acceptors (Lipinski definition) is 5. The third-order valence-electron chi connectivity index (χ3n) is 4.39. The van der Waals surface area contributed by atoms with Gasteiger partial charge in [-0.2, -0.15) is 0 Å². The SMILES string of the molecule is CC1=C(C(N)=O)C(c2ccccc2)N=C(SCC(=O)Nc2ccc(C)c(Cl)c2)N1. The van der Waals surface area contributed by atoms with E-state index in [0.29, 0.717) is 27.1 Å². The molecular weight excluding hydrogens is 408 g/mol. The Hall–Kier alpha value is -2.77. The summed E-state index contributed by atoms with van der Waals surface area (Å²) in [6.45, 7) is 3.68. The highest BCUT2D eigenvalue weighted by Gasteiger charge is 2.28. The summed E-state index contributed by atoms with van der Waals surface area (Å²) in [5.41, 5.74) is 9.07. The zero-order chi connectivity index (χ0) is 21.0. The molecule has 1 aliphatic heterocycles. The van der Waals surface area contributed by atoms with Crippen molar-refractivity contribution in [1.82, 2.24) is 5.32 Å². The van der Waals surface area contributed by atoms with Crippen molar-refractivity contribution >= 4 is 46.0 Å². The minimum Gasteiger partial charge on any atom is -0.366 e. The highest BCUT2D eigenvalue weighted by Crippen LogP contribution is 2.31. The standard InChI is InChI=1S/C21H21ClN4O2S/c1-12-8-9-15(10-16(12)22)25-17(27)11-29-21-24-13(2)18(20(23)28)19(26-21)14-6-4-3-5-7-14/h3-10,19H,11H2,1-2H3,(H2,23,28)(H,24,26)(H,25,27). The molecule has 1 atom stereocenters. The number of rotatable bonds is 5. The fourth-order valence-corrected chi connectivity index (χ4v) is 3.84. The lowest BCUT2D eigenvalue weighted by Gasteiger charge is -2.25. The number of nitrogens with zero attached hydrogens (tertiary/aromatic N) is 1. The van der Waals surface area contributed by atoms with Gasteiger partial charge in [-0.05, 0) is 37.1 Å². The van der Waals surface area contributed by atoms with Crippen LogP contribution in [0.1, 0.15) is 24.1 Å². The van der Waals surface area contributed by atoms with Gasteiger partial charge < -0.3 is 16.4 Å². The fourth-order valence-electron chi connectivity index (χ4n) is 2.92. The zero-order valence-electron chi connectivity index (χ0n) is 16.0. The lowest BCUT2D eigenvalue weighted by atomic mass is 9.96. The monoisotopic (exact) mass is 428 g/mol. The summed E-state index contributed by atoms with van der Waals surface area (Å²) in [5, 5.41) is 7.04. The number of primary amides is 1. The lowest BCUT2D eigenvalue weighted by molar-refractivity contribution is -0.115. The number of nitrogens with two attached hydrogens (primary N) is 1. The van der Waals surface area contributed by atoms with E-state index in [-0.39, 0.29) is 11.7 Å². The number of allylic oxidation sites excluding steroid dienone is 1. The Bertz CT molecular complexity index is 1000. The Morgan fingerprint density at radius 3 is 2.59 bits per heavy atom. The van der Waals surface area contributed by atoms with Crippen molar-refractivity contribution in [3.05, 3.63) is 76.0 Å². The number of benzene rings is 2. The molecule has 2 aromatic carbocycles. The molecule has 29 heavy (non-hydrogen) atoms. The molecule has 0 radical (unpaired) electrons. The number of carbonyl (C=O) groups excluding carboxylic acids is 2. The molecule has 1 aliphatic rings. The van der Waals surface area contributed by atoms with Crippen LogP contribution in [0.4, 0.5) is 5.69 Å². The quantitative estimate of drug-likeness (QED) is 0.675. The molecular formula is C21H21ClN4O2S. The highest BCUT2D eigenvalue weighted by molar-refractivity contribution is 8.14. The maximum absolute atomic E-state index is 12.3. The Kier molecular flexibility index (Phi) is 6.61. The number of thioether (sulfide) groups is 1. The molecule has 0 fully saturated rings. The molecule has 3 rings (SSSR count). The number of carbonyl (C=O) groups is 2. The van der Waals surface area contributed by atoms with Gasteiger partial charge in [-0.25, -0.2) is 4.99 Å². The Morgan fingerprint density at radius 2 is 1.93 bits per heavy atom. The van der Waals surface area contributed by atoms with Crippen molar-refractivity contribution in [2.75, 3.05) is 11.1 Å². The summed E-state index contributed by atoms with van der Waals surface area (Å²) in [4.78, 5) is 28.9. The third-order valence-corrected chi connectivity index (χ3v) is 5.69. The molecule has 0 bridgehead atoms. The van der Waals surface area contributed by atoms with Crippen molar-refractivity contribution in [1.29, 1.82) is 0 Å². The summed E-state index contributed by atoms with van der Waals surface area (Å²) >= 11 is 7.35. The van der Waals surface area contributed by atoms with Crippen LogP contribution in [-0.4, -0.2) is 22.7 Å². The lowest BCUT2D eigenvalue weighted by Crippen LogP contribution is -2.33. The summed E-state index contributed by atoms with van der Waals surface area (Å²) in [7, 11) is 0. The summed E-state index contributed by atoms with van der Waals surface area (Å²) in [5.74, 6) is -0.554. The summed E-state index contributed by atoms with van der Waals surface area (Å²) < 4.78 is 0. The number of halogens is 1. The number of aliphatic imine (C=N–C) groups is 1. The second-order valence-corrected chi connectivity index (χ2v) is 7.95. The van der Waals surface area contributed by atoms with Gasteiger partial charge in [-0.1, -0.05) is 59.8 Å². The molecule has 0 aromatic heterocycles. The third kappa shape index (κ3) is 5.19. The van der Waals surface area contributed by atoms with Crippen LogP contribution in [0.2, 0.25) is 5.02 Å². The molecule has 0 aliphatic carbocycles. The zero-order valence-corrected chi connectivity index (χ0v) is 17.6. The molecule has 4 N–H and O–H groups in total. The van der Waals surface area contributed by atoms with Gasteiger partial charge in [0.15, 0.2) is 5.17 Å². The van der Waals surface area contributed by atoms with Gasteiger partial charge in [-0.3, -0.25) is 9.59 Å². The number of anilines is 1. The van der Waals surface area contributed by atoms with E-state index in [9.17, 15) is 9.59 Å². The molecule has 6 nitrogen and oxygen atoms in total. The molecule has 8 heteroatoms. The molecule has 0 saturated heterocycles. The smallest absolute Gasteiger partial charge is 0.248 e. The maximum Gasteiger partial charge on any atom is 0.248 e. The number of hydrogen-bond donors (Lipinski definition) is 3. The van der Waals surface area contributed by atoms with Gasteiger partial charge in [0.2, 0.25) is 11.8 Å². The predicted molar refractivity (Wildman–Crippen MR) is 119 cm³/mol. The van der Waals surface area contributed by atoms with Crippen LogP contribution in [0, 0.1) is 6.92 Å². The van der Waals surface area contributed by atoms with Crippen molar-refractivity contribution in [3.8, 4) is 0 Å². The second-order valence-electron chi connectivity index (χ2n) is 6.58. The average Bonchev–Trinajstić information content (AvgIpc) is 2.69. The van der Waals surface area contributed by atoms with E-state index < -0.39 is 11.9 Å². The van der Waals surface area contributed by atoms with Crippen LogP contribution in [0.5, 0.6) is 0 Å². The molecule has 0 saturated carbocycles. The normalized spacial score (nSPS) is 16.1. The second kappa shape index (κ2) is 9.15. The van der Waals surface area contributed by atoms with Crippen LogP contribution in [0.3, 0.4) is 0 Å². The van der Waals surface area contributed by atoms with Gasteiger partial charge in [-0.15, -0.1) is 0 Å². The van der Waals surface area contributed by atoms with Crippen LogP contribution in [0.25, 0.3) is 0 Å². The van der Waals surface area contributed by atoms with Crippen LogP contribution < -0.4 is 16.4 Å². The predicted octanol–water partition coefficient (Wildman–Crippen LogP) is 3.78. The molecule has 0 spiro atoms. The fraction of sp³-hybridized carbons (Fsp3) is 0.190. The van der Waals surface area contributed by atoms with Crippen LogP contribution >= 0.6 is 23.4 Å². The van der Waals surface area contributed by atoms with E-state index in [1.165, 1.54) is 11.8 Å². The van der Waals surface area contributed by atoms with E-state index in [0.717, 1.165) is 11.1 Å². The Morgan fingerprint density at radius 1 is 1.21 bits per heavy atom. The molecule has 2 aromatic rings. The molecule has 1 heterocycles. The number of nitrogens with one attached hydrogen (secondary N) is 2. The van der Waals surface area contributed by atoms with Crippen molar-refractivity contribution in [3.63, 3.8) is 0 Å². The van der Waals surface area contributed by atoms with E-state index >= 15 is 0 Å². The largest absolute Gasteiger partial charge is 0.366 e. The highest BCUT2D eigenvalue weighted by atomic mass is 35.5. The molecule has 1 unspecified atom stereocenters. The van der Waals surface area contributed by atoms with E-state index in [1.54, 1.807) is 19.1 Å². The molecule has 2 amide bonds. The number of amidine groups is 1. The van der Waals surface area contributed by atoms with E-state index in [4.69, 9.17) is 17.3 Å². The van der Waals surface area contributed by atoms with Gasteiger partial charge in [0.05, 0.1) is 11.3 Å². The minimum atomic E-state index is -0.523. The van der Waals surface area contributed by atoms with Gasteiger partial charge in [0.1, 0.15) is 6.04 Å². The minimum absolute atomic E-state index is 0.151. The van der Waals surface area contributed by atoms with Crippen LogP contribution in [-0.2, 0) is 9.59 Å². The maximum atomic E-state index is 12.3. The van der Waals surface area contributed by atoms with Crippen molar-refractivity contribution in [2.24, 2.45) is 10.7 Å². The number of aryl methyl sites for hydroxylation is 1. The Labute approximate surface area is 178 Å². The molecule has 150 valence electrons. The van der Waals surface area contributed by atoms with Gasteiger partial charge in [0.25, 0.3) is 0 Å². The first kappa shape index (κ1) is 21.0. The first-order valence-corrected chi connectivity index (χ1v) is 10.3. The van der Waals surface area contributed by atoms with Crippen LogP contribution in [0.15, 0.2) is 64.8 Å². The Balaban J connectivity index is 1.71. The van der Waals surface area contributed by atoms with Crippen molar-refractivity contribution in [2.45, 2.75) is 19.9 Å².